The van der Waals surface area contributed by atoms with Crippen molar-refractivity contribution in [2.45, 2.75) is 38.1 Å². The van der Waals surface area contributed by atoms with Gasteiger partial charge in [0.2, 0.25) is 0 Å². The summed E-state index contributed by atoms with van der Waals surface area (Å²) in [5, 5.41) is 9.28. The van der Waals surface area contributed by atoms with Crippen LogP contribution in [0.5, 0.6) is 0 Å². The van der Waals surface area contributed by atoms with E-state index in [9.17, 15) is 14.4 Å². The van der Waals surface area contributed by atoms with Crippen LogP contribution in [0.2, 0.25) is 0 Å². The molecule has 1 fully saturated rings. The summed E-state index contributed by atoms with van der Waals surface area (Å²) in [5.41, 5.74) is 3.58. The second kappa shape index (κ2) is 10.2. The Labute approximate surface area is 169 Å². The number of carbonyl (C=O) groups is 3. The van der Waals surface area contributed by atoms with Crippen molar-refractivity contribution in [3.63, 3.8) is 0 Å². The summed E-state index contributed by atoms with van der Waals surface area (Å²) < 4.78 is 0. The van der Waals surface area contributed by atoms with Gasteiger partial charge in [0.25, 0.3) is 5.91 Å². The number of nitrogens with one attached hydrogen (secondary N) is 3. The van der Waals surface area contributed by atoms with E-state index in [4.69, 9.17) is 0 Å². The van der Waals surface area contributed by atoms with Crippen molar-refractivity contribution in [3.05, 3.63) is 65.7 Å². The maximum atomic E-state index is 12.6. The summed E-state index contributed by atoms with van der Waals surface area (Å²) in [6, 6.07) is 16.0. The van der Waals surface area contributed by atoms with Gasteiger partial charge in [-0.15, -0.1) is 0 Å². The topological polar surface area (TPSA) is 99.7 Å². The normalized spacial score (nSPS) is 14.3. The Kier molecular flexibility index (Phi) is 7.10. The van der Waals surface area contributed by atoms with Gasteiger partial charge in [0.15, 0.2) is 0 Å². The molecular formula is C22H24N4O3. The molecular weight excluding hydrogens is 368 g/mol. The van der Waals surface area contributed by atoms with E-state index in [1.54, 1.807) is 24.3 Å². The van der Waals surface area contributed by atoms with Crippen LogP contribution in [0.1, 0.15) is 48.0 Å². The number of hydrogen-bond donors (Lipinski definition) is 3. The van der Waals surface area contributed by atoms with Crippen LogP contribution in [-0.2, 0) is 9.59 Å². The third-order valence-corrected chi connectivity index (χ3v) is 4.75. The number of rotatable bonds is 5. The standard InChI is InChI=1S/C22H24N4O3/c27-20(24-17-11-5-2-6-12-17)18-13-7-8-14-19(18)25-21(28)22(29)26-23-15-16-9-3-1-4-10-16/h1,3-4,7-10,13-15,17H,2,5-6,11-12H2,(H,24,27)(H,25,28)(H,26,29)/b23-15+. The minimum absolute atomic E-state index is 0.149. The molecule has 3 rings (SSSR count). The van der Waals surface area contributed by atoms with Crippen molar-refractivity contribution in [1.29, 1.82) is 0 Å². The Hall–Kier alpha value is -3.48. The van der Waals surface area contributed by atoms with Gasteiger partial charge in [-0.25, -0.2) is 5.43 Å². The van der Waals surface area contributed by atoms with E-state index < -0.39 is 11.8 Å². The number of carbonyl (C=O) groups excluding carboxylic acids is 3. The van der Waals surface area contributed by atoms with Gasteiger partial charge in [0, 0.05) is 6.04 Å². The average Bonchev–Trinajstić information content (AvgIpc) is 2.75. The fourth-order valence-electron chi connectivity index (χ4n) is 3.23. The van der Waals surface area contributed by atoms with Gasteiger partial charge in [0.05, 0.1) is 17.5 Å². The van der Waals surface area contributed by atoms with E-state index in [2.05, 4.69) is 21.2 Å². The van der Waals surface area contributed by atoms with Crippen molar-refractivity contribution in [2.24, 2.45) is 5.10 Å². The lowest BCUT2D eigenvalue weighted by atomic mass is 9.95. The molecule has 3 amide bonds. The first-order valence-corrected chi connectivity index (χ1v) is 9.73. The molecule has 0 saturated heterocycles. The Morgan fingerprint density at radius 1 is 0.862 bits per heavy atom. The zero-order chi connectivity index (χ0) is 20.5. The molecule has 0 atom stereocenters. The van der Waals surface area contributed by atoms with Crippen molar-refractivity contribution >= 4 is 29.6 Å². The van der Waals surface area contributed by atoms with Crippen LogP contribution in [0.15, 0.2) is 59.7 Å². The number of nitrogens with zero attached hydrogens (tertiary/aromatic N) is 1. The number of benzene rings is 2. The second-order valence-corrected chi connectivity index (χ2v) is 6.92. The van der Waals surface area contributed by atoms with Crippen LogP contribution in [0.4, 0.5) is 5.69 Å². The largest absolute Gasteiger partial charge is 0.349 e. The van der Waals surface area contributed by atoms with Crippen LogP contribution in [-0.4, -0.2) is 30.0 Å². The molecule has 0 aliphatic heterocycles. The Morgan fingerprint density at radius 2 is 1.55 bits per heavy atom. The van der Waals surface area contributed by atoms with Gasteiger partial charge >= 0.3 is 11.8 Å². The first kappa shape index (κ1) is 20.3. The van der Waals surface area contributed by atoms with Crippen LogP contribution >= 0.6 is 0 Å². The first-order chi connectivity index (χ1) is 14.1. The highest BCUT2D eigenvalue weighted by molar-refractivity contribution is 6.40. The molecule has 1 saturated carbocycles. The van der Waals surface area contributed by atoms with Gasteiger partial charge in [-0.2, -0.15) is 5.10 Å². The number of anilines is 1. The van der Waals surface area contributed by atoms with Crippen LogP contribution < -0.4 is 16.1 Å². The Bertz CT molecular complexity index is 890. The van der Waals surface area contributed by atoms with Crippen LogP contribution in [0.3, 0.4) is 0 Å². The van der Waals surface area contributed by atoms with E-state index in [0.717, 1.165) is 31.2 Å². The lowest BCUT2D eigenvalue weighted by Crippen LogP contribution is -2.37. The third-order valence-electron chi connectivity index (χ3n) is 4.75. The molecule has 0 heterocycles. The van der Waals surface area contributed by atoms with Gasteiger partial charge < -0.3 is 10.6 Å². The molecule has 29 heavy (non-hydrogen) atoms. The summed E-state index contributed by atoms with van der Waals surface area (Å²) in [4.78, 5) is 36.8. The van der Waals surface area contributed by atoms with Gasteiger partial charge in [-0.3, -0.25) is 14.4 Å². The van der Waals surface area contributed by atoms with Gasteiger partial charge in [-0.05, 0) is 30.5 Å². The average molecular weight is 392 g/mol. The molecule has 0 bridgehead atoms. The molecule has 150 valence electrons. The molecule has 2 aromatic carbocycles. The van der Waals surface area contributed by atoms with Crippen molar-refractivity contribution in [1.82, 2.24) is 10.7 Å². The second-order valence-electron chi connectivity index (χ2n) is 6.92. The highest BCUT2D eigenvalue weighted by Crippen LogP contribution is 2.20. The minimum atomic E-state index is -0.917. The fourth-order valence-corrected chi connectivity index (χ4v) is 3.23. The summed E-state index contributed by atoms with van der Waals surface area (Å²) in [5.74, 6) is -2.07. The molecule has 0 unspecified atom stereocenters. The molecule has 2 aromatic rings. The maximum absolute atomic E-state index is 12.6. The van der Waals surface area contributed by atoms with E-state index in [0.29, 0.717) is 5.56 Å². The number of hydrazone groups is 1. The predicted molar refractivity (Wildman–Crippen MR) is 112 cm³/mol. The fraction of sp³-hybridized carbons (Fsp3) is 0.273. The number of para-hydroxylation sites is 1. The maximum Gasteiger partial charge on any atom is 0.329 e. The van der Waals surface area contributed by atoms with E-state index >= 15 is 0 Å². The Balaban J connectivity index is 1.59. The SMILES string of the molecule is O=C(N/N=C/c1ccccc1)C(=O)Nc1ccccc1C(=O)NC1CCCCC1. The minimum Gasteiger partial charge on any atom is -0.349 e. The third kappa shape index (κ3) is 6.00. The van der Waals surface area contributed by atoms with E-state index in [-0.39, 0.29) is 17.6 Å². The van der Waals surface area contributed by atoms with E-state index in [1.807, 2.05) is 30.3 Å². The zero-order valence-corrected chi connectivity index (χ0v) is 16.1. The highest BCUT2D eigenvalue weighted by Gasteiger charge is 2.20. The first-order valence-electron chi connectivity index (χ1n) is 9.73. The highest BCUT2D eigenvalue weighted by atomic mass is 16.2. The predicted octanol–water partition coefficient (Wildman–Crippen LogP) is 2.84. The number of hydrogen-bond acceptors (Lipinski definition) is 4. The lowest BCUT2D eigenvalue weighted by molar-refractivity contribution is -0.136. The molecule has 1 aliphatic rings. The van der Waals surface area contributed by atoms with Crippen molar-refractivity contribution in [3.8, 4) is 0 Å². The van der Waals surface area contributed by atoms with Crippen molar-refractivity contribution < 1.29 is 14.4 Å². The smallest absolute Gasteiger partial charge is 0.329 e. The summed E-state index contributed by atoms with van der Waals surface area (Å²) in [6.07, 6.45) is 6.77. The van der Waals surface area contributed by atoms with Gasteiger partial charge in [-0.1, -0.05) is 61.7 Å². The summed E-state index contributed by atoms with van der Waals surface area (Å²) in [7, 11) is 0. The molecule has 7 nitrogen and oxygen atoms in total. The summed E-state index contributed by atoms with van der Waals surface area (Å²) >= 11 is 0. The molecule has 0 aromatic heterocycles. The quantitative estimate of drug-likeness (QED) is 0.414. The molecule has 0 spiro atoms. The number of amides is 3. The van der Waals surface area contributed by atoms with Gasteiger partial charge in [0.1, 0.15) is 0 Å². The Morgan fingerprint density at radius 3 is 2.31 bits per heavy atom. The van der Waals surface area contributed by atoms with E-state index in [1.165, 1.54) is 12.6 Å². The van der Waals surface area contributed by atoms with Crippen LogP contribution in [0.25, 0.3) is 0 Å². The summed E-state index contributed by atoms with van der Waals surface area (Å²) in [6.45, 7) is 0. The van der Waals surface area contributed by atoms with Crippen molar-refractivity contribution in [2.75, 3.05) is 5.32 Å². The lowest BCUT2D eigenvalue weighted by Gasteiger charge is -2.23. The van der Waals surface area contributed by atoms with Crippen LogP contribution in [0, 0.1) is 0 Å². The molecule has 1 aliphatic carbocycles. The monoisotopic (exact) mass is 392 g/mol. The zero-order valence-electron chi connectivity index (χ0n) is 16.1. The molecule has 3 N–H and O–H groups in total. The molecule has 7 heteroatoms. The molecule has 0 radical (unpaired) electrons.